The Morgan fingerprint density at radius 2 is 1.59 bits per heavy atom. The lowest BCUT2D eigenvalue weighted by Gasteiger charge is -2.45. The number of aromatic amines is 1. The Bertz CT molecular complexity index is 2580. The van der Waals surface area contributed by atoms with Crippen LogP contribution in [0.4, 0.5) is 0 Å². The summed E-state index contributed by atoms with van der Waals surface area (Å²) in [5.41, 5.74) is 3.96. The topological polar surface area (TPSA) is 363 Å². The van der Waals surface area contributed by atoms with Gasteiger partial charge >= 0.3 is 0 Å². The van der Waals surface area contributed by atoms with E-state index >= 15 is 9.59 Å². The molecule has 1 aromatic carbocycles. The lowest BCUT2D eigenvalue weighted by Crippen LogP contribution is -2.65. The predicted octanol–water partition coefficient (Wildman–Crippen LogP) is -0.783. The summed E-state index contributed by atoms with van der Waals surface area (Å²) in [5, 5.41) is 46.0. The zero-order valence-corrected chi connectivity index (χ0v) is 45.5. The molecule has 76 heavy (non-hydrogen) atoms. The minimum absolute atomic E-state index is 0.00699. The van der Waals surface area contributed by atoms with Gasteiger partial charge in [-0.05, 0) is 56.2 Å². The van der Waals surface area contributed by atoms with Crippen LogP contribution in [-0.4, -0.2) is 174 Å². The molecular formula is C50H70N8O15S3. The maximum absolute atomic E-state index is 16.0. The van der Waals surface area contributed by atoms with E-state index in [0.29, 0.717) is 36.2 Å². The van der Waals surface area contributed by atoms with Crippen LogP contribution in [0.15, 0.2) is 23.2 Å². The van der Waals surface area contributed by atoms with E-state index in [2.05, 4.69) is 31.6 Å². The van der Waals surface area contributed by atoms with Crippen LogP contribution in [0.3, 0.4) is 0 Å². The molecule has 1 aromatic heterocycles. The third-order valence-electron chi connectivity index (χ3n) is 14.6. The molecule has 0 radical (unpaired) electrons. The summed E-state index contributed by atoms with van der Waals surface area (Å²) in [6.45, 7) is 3.67. The molecule has 8 bridgehead atoms. The zero-order chi connectivity index (χ0) is 55.6. The molecule has 3 unspecified atom stereocenters. The SMILES string of the molecule is CC[C@H](C)[C@@H]1NC(=O)CNC(=O)[C@H]2CC(=O)[C@H]([C@@H](C)[C@@H](O)CO)NC(=O)[C@@H]3CC(O)CN3C3(CCCSSCCCC(C)=O)Oc4ccc5c(c([nH]c5c4)[S@](=O)CC(NC(=O)CNC1=O)C(=O)C[C@@H](CC(N)=O)C3=O)C2. The molecule has 0 aliphatic carbocycles. The number of hydrogen-bond acceptors (Lipinski definition) is 18. The smallest absolute Gasteiger partial charge is 0.243 e. The number of carbonyl (C=O) groups is 10. The lowest BCUT2D eigenvalue weighted by atomic mass is 9.83. The van der Waals surface area contributed by atoms with Gasteiger partial charge in [-0.3, -0.25) is 47.4 Å². The second-order valence-corrected chi connectivity index (χ2v) is 24.3. The van der Waals surface area contributed by atoms with Gasteiger partial charge in [0, 0.05) is 79.4 Å². The Kier molecular flexibility index (Phi) is 21.2. The second kappa shape index (κ2) is 26.9. The number of carbonyl (C=O) groups excluding carboxylic acids is 10. The van der Waals surface area contributed by atoms with Gasteiger partial charge in [0.05, 0.1) is 72.1 Å². The van der Waals surface area contributed by atoms with E-state index in [9.17, 15) is 57.9 Å². The number of aromatic nitrogens is 1. The van der Waals surface area contributed by atoms with E-state index in [1.165, 1.54) is 52.5 Å². The molecule has 418 valence electrons. The Morgan fingerprint density at radius 1 is 0.908 bits per heavy atom. The largest absolute Gasteiger partial charge is 0.465 e. The number of fused-ring (bicyclic) bond motifs is 7. The van der Waals surface area contributed by atoms with Crippen molar-refractivity contribution in [2.24, 2.45) is 29.4 Å². The van der Waals surface area contributed by atoms with Gasteiger partial charge in [-0.25, -0.2) is 4.90 Å². The molecule has 6 amide bonds. The van der Waals surface area contributed by atoms with E-state index < -0.39 is 181 Å². The van der Waals surface area contributed by atoms with Crippen molar-refractivity contribution < 1.29 is 72.2 Å². The van der Waals surface area contributed by atoms with Crippen LogP contribution < -0.4 is 37.1 Å². The Hall–Kier alpha value is -5.25. The van der Waals surface area contributed by atoms with Crippen molar-refractivity contribution in [3.63, 3.8) is 0 Å². The zero-order valence-electron chi connectivity index (χ0n) is 43.0. The molecule has 12 atom stereocenters. The summed E-state index contributed by atoms with van der Waals surface area (Å²) < 4.78 is 21.9. The standard InChI is InChI=1S/C50H70N8O15S3/c1-5-25(2)43-48(71)53-20-41(66)54-35-24-76(72)49-33-14-29(46(69)52-21-42(67)56-43)16-38(63)44(27(4)39(64)23-59)57-47(70)36-18-30(61)22-58(36)50(11-7-13-75-74-12-6-8-26(3)60,45(68)28(15-37(35)62)17-40(51)65)73-31-9-10-32(33)34(19-31)55-49/h9-10,19,25,27-30,35-36,39,43-44,55,59,61,64H,5-8,11-18,20-24H2,1-4H3,(H2,51,65)(H,52,69)(H,53,71)(H,54,66)(H,56,67)(H,57,70)/t25-,27-,28-,29+,30?,35?,36-,39-,43-,44-,50?,76+/m0/s1. The third-order valence-corrected chi connectivity index (χ3v) is 18.6. The normalized spacial score (nSPS) is 28.7. The summed E-state index contributed by atoms with van der Waals surface area (Å²) in [4.78, 5) is 146. The lowest BCUT2D eigenvalue weighted by molar-refractivity contribution is -0.168. The third kappa shape index (κ3) is 14.7. The number of nitrogens with two attached hydrogens (primary N) is 1. The number of amides is 6. The minimum atomic E-state index is -2.32. The van der Waals surface area contributed by atoms with E-state index in [0.717, 1.165) is 0 Å². The van der Waals surface area contributed by atoms with Crippen molar-refractivity contribution in [2.75, 3.05) is 43.5 Å². The first-order chi connectivity index (χ1) is 36.1. The number of ether oxygens (including phenoxy) is 1. The van der Waals surface area contributed by atoms with Crippen molar-refractivity contribution in [1.82, 2.24) is 36.5 Å². The first kappa shape index (κ1) is 60.0. The van der Waals surface area contributed by atoms with Gasteiger partial charge in [-0.1, -0.05) is 48.8 Å². The number of H-pyrrole nitrogens is 1. The molecule has 4 aliphatic heterocycles. The van der Waals surface area contributed by atoms with Gasteiger partial charge in [0.15, 0.2) is 17.3 Å². The number of ketones is 4. The number of aliphatic hydroxyl groups excluding tert-OH is 3. The molecule has 1 saturated heterocycles. The maximum atomic E-state index is 16.0. The molecule has 6 rings (SSSR count). The highest BCUT2D eigenvalue weighted by atomic mass is 33.1. The Labute approximate surface area is 450 Å². The fourth-order valence-electron chi connectivity index (χ4n) is 10.2. The van der Waals surface area contributed by atoms with Crippen LogP contribution in [0.2, 0.25) is 0 Å². The molecule has 0 spiro atoms. The monoisotopic (exact) mass is 1120 g/mol. The first-order valence-corrected chi connectivity index (χ1v) is 29.4. The average Bonchev–Trinajstić information content (AvgIpc) is 3.95. The molecule has 26 heteroatoms. The van der Waals surface area contributed by atoms with Gasteiger partial charge < -0.3 is 62.2 Å². The highest BCUT2D eigenvalue weighted by Crippen LogP contribution is 2.41. The number of primary amides is 1. The number of nitrogens with one attached hydrogen (secondary N) is 6. The first-order valence-electron chi connectivity index (χ1n) is 25.6. The number of nitrogens with zero attached hydrogens (tertiary/aromatic N) is 1. The Morgan fingerprint density at radius 3 is 2.26 bits per heavy atom. The second-order valence-electron chi connectivity index (χ2n) is 20.2. The molecule has 5 heterocycles. The maximum Gasteiger partial charge on any atom is 0.243 e. The number of Topliss-reactive ketones (excluding diaryl/α,β-unsaturated/α-hetero) is 4. The Balaban J connectivity index is 1.63. The number of benzene rings is 1. The quantitative estimate of drug-likeness (QED) is 0.0728. The van der Waals surface area contributed by atoms with Crippen molar-refractivity contribution in [3.05, 3.63) is 23.8 Å². The van der Waals surface area contributed by atoms with Gasteiger partial charge in [0.2, 0.25) is 41.2 Å². The van der Waals surface area contributed by atoms with Crippen LogP contribution in [0.1, 0.15) is 91.0 Å². The van der Waals surface area contributed by atoms with Gasteiger partial charge in [0.25, 0.3) is 0 Å². The van der Waals surface area contributed by atoms with E-state index in [1.807, 2.05) is 0 Å². The van der Waals surface area contributed by atoms with Crippen molar-refractivity contribution in [1.29, 1.82) is 0 Å². The van der Waals surface area contributed by atoms with E-state index in [-0.39, 0.29) is 53.3 Å². The average molecular weight is 1120 g/mol. The highest BCUT2D eigenvalue weighted by Gasteiger charge is 2.57. The minimum Gasteiger partial charge on any atom is -0.465 e. The van der Waals surface area contributed by atoms with Crippen molar-refractivity contribution >= 4 is 102 Å². The van der Waals surface area contributed by atoms with Gasteiger partial charge in [-0.2, -0.15) is 0 Å². The van der Waals surface area contributed by atoms with Crippen LogP contribution in [0.5, 0.6) is 5.75 Å². The van der Waals surface area contributed by atoms with Crippen LogP contribution in [0, 0.1) is 23.7 Å². The molecule has 0 saturated carbocycles. The van der Waals surface area contributed by atoms with Crippen LogP contribution >= 0.6 is 21.6 Å². The number of aliphatic hydroxyl groups is 3. The van der Waals surface area contributed by atoms with Crippen LogP contribution in [-0.2, 0) is 65.2 Å². The van der Waals surface area contributed by atoms with Gasteiger partial charge in [0.1, 0.15) is 22.6 Å². The van der Waals surface area contributed by atoms with Crippen molar-refractivity contribution in [2.45, 2.75) is 139 Å². The summed E-state index contributed by atoms with van der Waals surface area (Å²) in [6.07, 6.45) is -4.55. The molecule has 4 aliphatic rings. The summed E-state index contributed by atoms with van der Waals surface area (Å²) in [6, 6.07) is -1.48. The highest BCUT2D eigenvalue weighted by molar-refractivity contribution is 8.76. The number of rotatable bonds is 16. The molecule has 23 nitrogen and oxygen atoms in total. The van der Waals surface area contributed by atoms with E-state index in [1.54, 1.807) is 19.9 Å². The van der Waals surface area contributed by atoms with Crippen LogP contribution in [0.25, 0.3) is 10.9 Å². The van der Waals surface area contributed by atoms with E-state index in [4.69, 9.17) is 10.5 Å². The fraction of sp³-hybridized carbons (Fsp3) is 0.640. The fourth-order valence-corrected chi connectivity index (χ4v) is 13.8. The van der Waals surface area contributed by atoms with Crippen molar-refractivity contribution in [3.8, 4) is 5.75 Å². The number of hydrogen-bond donors (Lipinski definition) is 10. The molecular weight excluding hydrogens is 1050 g/mol. The summed E-state index contributed by atoms with van der Waals surface area (Å²) in [7, 11) is 0.646. The summed E-state index contributed by atoms with van der Waals surface area (Å²) >= 11 is 0. The predicted molar refractivity (Wildman–Crippen MR) is 280 cm³/mol. The molecule has 2 aromatic rings. The molecule has 11 N–H and O–H groups in total. The molecule has 1 fully saturated rings. The van der Waals surface area contributed by atoms with Gasteiger partial charge in [-0.15, -0.1) is 0 Å². The summed E-state index contributed by atoms with van der Waals surface area (Å²) in [5.74, 6) is -12.3.